The van der Waals surface area contributed by atoms with Gasteiger partial charge in [-0.1, -0.05) is 18.2 Å². The SMILES string of the molecule is CCOC(=O)c1ccc(NC(=O)c2coc(NC(=O)c3ccccc3)n2)cc1. The van der Waals surface area contributed by atoms with E-state index in [1.165, 1.54) is 0 Å². The standard InChI is InChI=1S/C20H17N3O5/c1-2-27-19(26)14-8-10-15(11-9-14)21-18(25)16-12-28-20(22-16)23-17(24)13-6-4-3-5-7-13/h3-12H,2H2,1H3,(H,21,25)(H,22,23,24). The number of carbonyl (C=O) groups is 3. The number of carbonyl (C=O) groups excluding carboxylic acids is 3. The van der Waals surface area contributed by atoms with Crippen molar-refractivity contribution in [1.29, 1.82) is 0 Å². The highest BCUT2D eigenvalue weighted by molar-refractivity contribution is 6.05. The van der Waals surface area contributed by atoms with E-state index < -0.39 is 17.8 Å². The number of benzene rings is 2. The van der Waals surface area contributed by atoms with Gasteiger partial charge in [-0.3, -0.25) is 14.9 Å². The summed E-state index contributed by atoms with van der Waals surface area (Å²) in [5.74, 6) is -1.35. The molecule has 0 aliphatic carbocycles. The van der Waals surface area contributed by atoms with Crippen molar-refractivity contribution in [2.75, 3.05) is 17.2 Å². The zero-order chi connectivity index (χ0) is 19.9. The van der Waals surface area contributed by atoms with Gasteiger partial charge in [-0.25, -0.2) is 4.79 Å². The van der Waals surface area contributed by atoms with Crippen molar-refractivity contribution in [3.8, 4) is 0 Å². The van der Waals surface area contributed by atoms with Gasteiger partial charge in [0.1, 0.15) is 6.26 Å². The first-order chi connectivity index (χ1) is 13.6. The van der Waals surface area contributed by atoms with Crippen LogP contribution in [0.4, 0.5) is 11.7 Å². The van der Waals surface area contributed by atoms with Crippen LogP contribution in [0.5, 0.6) is 0 Å². The molecule has 2 amide bonds. The fraction of sp³-hybridized carbons (Fsp3) is 0.100. The maximum atomic E-state index is 12.3. The Labute approximate surface area is 160 Å². The van der Waals surface area contributed by atoms with Gasteiger partial charge in [0.2, 0.25) is 0 Å². The summed E-state index contributed by atoms with van der Waals surface area (Å²) in [6, 6.07) is 14.7. The lowest BCUT2D eigenvalue weighted by molar-refractivity contribution is 0.0526. The second kappa shape index (κ2) is 8.63. The van der Waals surface area contributed by atoms with E-state index in [9.17, 15) is 14.4 Å². The van der Waals surface area contributed by atoms with Crippen molar-refractivity contribution in [2.24, 2.45) is 0 Å². The minimum atomic E-state index is -0.521. The summed E-state index contributed by atoms with van der Waals surface area (Å²) in [6.45, 7) is 2.01. The summed E-state index contributed by atoms with van der Waals surface area (Å²) in [5.41, 5.74) is 1.29. The second-order valence-electron chi connectivity index (χ2n) is 5.61. The first kappa shape index (κ1) is 18.8. The smallest absolute Gasteiger partial charge is 0.338 e. The summed E-state index contributed by atoms with van der Waals surface area (Å²) in [6.07, 6.45) is 1.14. The molecular formula is C20H17N3O5. The van der Waals surface area contributed by atoms with Gasteiger partial charge >= 0.3 is 12.0 Å². The largest absolute Gasteiger partial charge is 0.462 e. The number of esters is 1. The predicted molar refractivity (Wildman–Crippen MR) is 101 cm³/mol. The molecule has 0 saturated carbocycles. The van der Waals surface area contributed by atoms with Crippen LogP contribution in [-0.2, 0) is 4.74 Å². The summed E-state index contributed by atoms with van der Waals surface area (Å²) in [4.78, 5) is 39.9. The topological polar surface area (TPSA) is 111 Å². The van der Waals surface area contributed by atoms with Crippen molar-refractivity contribution in [3.63, 3.8) is 0 Å². The third-order valence-electron chi connectivity index (χ3n) is 3.65. The molecule has 0 radical (unpaired) electrons. The van der Waals surface area contributed by atoms with Crippen LogP contribution in [0.25, 0.3) is 0 Å². The highest BCUT2D eigenvalue weighted by atomic mass is 16.5. The van der Waals surface area contributed by atoms with Crippen LogP contribution in [0.2, 0.25) is 0 Å². The van der Waals surface area contributed by atoms with Gasteiger partial charge in [-0.05, 0) is 43.3 Å². The average Bonchev–Trinajstić information content (AvgIpc) is 3.18. The Morgan fingerprint density at radius 1 is 0.929 bits per heavy atom. The van der Waals surface area contributed by atoms with E-state index in [1.54, 1.807) is 61.5 Å². The number of rotatable bonds is 6. The third kappa shape index (κ3) is 4.61. The molecular weight excluding hydrogens is 362 g/mol. The van der Waals surface area contributed by atoms with Crippen LogP contribution in [0.3, 0.4) is 0 Å². The number of amides is 2. The molecule has 0 aliphatic heterocycles. The molecule has 2 aromatic carbocycles. The molecule has 8 nitrogen and oxygen atoms in total. The molecule has 0 saturated heterocycles. The van der Waals surface area contributed by atoms with Gasteiger partial charge in [0.05, 0.1) is 12.2 Å². The zero-order valence-electron chi connectivity index (χ0n) is 15.0. The number of hydrogen-bond donors (Lipinski definition) is 2. The number of nitrogens with one attached hydrogen (secondary N) is 2. The average molecular weight is 379 g/mol. The highest BCUT2D eigenvalue weighted by Crippen LogP contribution is 2.14. The normalized spacial score (nSPS) is 10.2. The molecule has 3 rings (SSSR count). The lowest BCUT2D eigenvalue weighted by Gasteiger charge is -2.05. The van der Waals surface area contributed by atoms with Crippen molar-refractivity contribution in [3.05, 3.63) is 77.7 Å². The zero-order valence-corrected chi connectivity index (χ0v) is 15.0. The first-order valence-corrected chi connectivity index (χ1v) is 8.47. The van der Waals surface area contributed by atoms with E-state index in [0.29, 0.717) is 16.8 Å². The molecule has 0 bridgehead atoms. The number of oxazole rings is 1. The number of ether oxygens (including phenoxy) is 1. The molecule has 28 heavy (non-hydrogen) atoms. The van der Waals surface area contributed by atoms with Crippen LogP contribution < -0.4 is 10.6 Å². The van der Waals surface area contributed by atoms with Gasteiger partial charge < -0.3 is 14.5 Å². The van der Waals surface area contributed by atoms with Crippen molar-refractivity contribution < 1.29 is 23.5 Å². The summed E-state index contributed by atoms with van der Waals surface area (Å²) in [5, 5.41) is 5.11. The Hall–Kier alpha value is -3.94. The van der Waals surface area contributed by atoms with Gasteiger partial charge in [-0.15, -0.1) is 0 Å². The van der Waals surface area contributed by atoms with Gasteiger partial charge in [0.25, 0.3) is 11.8 Å². The highest BCUT2D eigenvalue weighted by Gasteiger charge is 2.15. The molecule has 1 aromatic heterocycles. The fourth-order valence-corrected chi connectivity index (χ4v) is 2.29. The molecule has 3 aromatic rings. The second-order valence-corrected chi connectivity index (χ2v) is 5.61. The number of anilines is 2. The monoisotopic (exact) mass is 379 g/mol. The van der Waals surface area contributed by atoms with E-state index in [1.807, 2.05) is 0 Å². The van der Waals surface area contributed by atoms with E-state index >= 15 is 0 Å². The van der Waals surface area contributed by atoms with Crippen LogP contribution in [0.15, 0.2) is 65.3 Å². The molecule has 2 N–H and O–H groups in total. The maximum absolute atomic E-state index is 12.3. The predicted octanol–water partition coefficient (Wildman–Crippen LogP) is 3.36. The molecule has 0 spiro atoms. The Bertz CT molecular complexity index is 981. The number of hydrogen-bond acceptors (Lipinski definition) is 6. The van der Waals surface area contributed by atoms with Crippen LogP contribution in [0.1, 0.15) is 38.1 Å². The van der Waals surface area contributed by atoms with Crippen LogP contribution in [0, 0.1) is 0 Å². The molecule has 0 aliphatic rings. The van der Waals surface area contributed by atoms with Crippen LogP contribution >= 0.6 is 0 Å². The Balaban J connectivity index is 1.61. The molecule has 142 valence electrons. The molecule has 0 atom stereocenters. The Morgan fingerprint density at radius 3 is 2.32 bits per heavy atom. The first-order valence-electron chi connectivity index (χ1n) is 8.47. The fourth-order valence-electron chi connectivity index (χ4n) is 2.29. The van der Waals surface area contributed by atoms with Crippen LogP contribution in [-0.4, -0.2) is 29.4 Å². The summed E-state index contributed by atoms with van der Waals surface area (Å²) < 4.78 is 10.0. The number of nitrogens with zero attached hydrogens (tertiary/aromatic N) is 1. The minimum Gasteiger partial charge on any atom is -0.462 e. The molecule has 0 fully saturated rings. The third-order valence-corrected chi connectivity index (χ3v) is 3.65. The summed E-state index contributed by atoms with van der Waals surface area (Å²) in [7, 11) is 0. The quantitative estimate of drug-likeness (QED) is 0.636. The van der Waals surface area contributed by atoms with Crippen molar-refractivity contribution in [1.82, 2.24) is 4.98 Å². The summed E-state index contributed by atoms with van der Waals surface area (Å²) >= 11 is 0. The van der Waals surface area contributed by atoms with Gasteiger partial charge in [0, 0.05) is 11.3 Å². The lowest BCUT2D eigenvalue weighted by atomic mass is 10.2. The lowest BCUT2D eigenvalue weighted by Crippen LogP contribution is -2.14. The van der Waals surface area contributed by atoms with Gasteiger partial charge in [0.15, 0.2) is 5.69 Å². The van der Waals surface area contributed by atoms with Crippen molar-refractivity contribution in [2.45, 2.75) is 6.92 Å². The molecule has 0 unspecified atom stereocenters. The molecule has 8 heteroatoms. The maximum Gasteiger partial charge on any atom is 0.338 e. The number of aromatic nitrogens is 1. The van der Waals surface area contributed by atoms with E-state index in [-0.39, 0.29) is 18.3 Å². The van der Waals surface area contributed by atoms with E-state index in [0.717, 1.165) is 6.26 Å². The van der Waals surface area contributed by atoms with E-state index in [4.69, 9.17) is 9.15 Å². The Morgan fingerprint density at radius 2 is 1.64 bits per heavy atom. The molecule has 1 heterocycles. The van der Waals surface area contributed by atoms with E-state index in [2.05, 4.69) is 15.6 Å². The van der Waals surface area contributed by atoms with Crippen molar-refractivity contribution >= 4 is 29.5 Å². The minimum absolute atomic E-state index is 0.00201. The van der Waals surface area contributed by atoms with Gasteiger partial charge in [-0.2, -0.15) is 4.98 Å². The Kier molecular flexibility index (Phi) is 5.81.